The number of anilines is 1. The molecule has 0 saturated heterocycles. The zero-order valence-corrected chi connectivity index (χ0v) is 16.0. The van der Waals surface area contributed by atoms with Crippen LogP contribution in [0, 0.1) is 16.6 Å². The molecule has 3 aromatic rings. The minimum atomic E-state index is -3.13. The van der Waals surface area contributed by atoms with Crippen LogP contribution in [0.1, 0.15) is 21.5 Å². The van der Waals surface area contributed by atoms with E-state index in [1.165, 1.54) is 24.3 Å². The Morgan fingerprint density at radius 3 is 2.39 bits per heavy atom. The van der Waals surface area contributed by atoms with E-state index in [0.29, 0.717) is 16.8 Å². The molecule has 0 saturated carbocycles. The van der Waals surface area contributed by atoms with E-state index in [1.807, 2.05) is 12.1 Å². The number of halogens is 3. The van der Waals surface area contributed by atoms with Gasteiger partial charge in [-0.25, -0.2) is 4.39 Å². The summed E-state index contributed by atoms with van der Waals surface area (Å²) in [6.45, 7) is 0.285. The van der Waals surface area contributed by atoms with E-state index in [2.05, 4.69) is 4.74 Å². The molecule has 0 aromatic heterocycles. The first kappa shape index (κ1) is 20.3. The number of hydrogen-bond acceptors (Lipinski definition) is 4. The normalized spacial score (nSPS) is 12.8. The summed E-state index contributed by atoms with van der Waals surface area (Å²) >= 11 is 0. The van der Waals surface area contributed by atoms with Crippen LogP contribution in [0.5, 0.6) is 0 Å². The van der Waals surface area contributed by atoms with E-state index >= 15 is 0 Å². The van der Waals surface area contributed by atoms with Gasteiger partial charge in [0.15, 0.2) is 0 Å². The third-order valence-electron chi connectivity index (χ3n) is 4.94. The first-order valence-electron chi connectivity index (χ1n) is 9.28. The third kappa shape index (κ3) is 3.92. The third-order valence-corrected chi connectivity index (χ3v) is 4.94. The fourth-order valence-corrected chi connectivity index (χ4v) is 3.43. The van der Waals surface area contributed by atoms with Gasteiger partial charge >= 0.3 is 6.43 Å². The second kappa shape index (κ2) is 8.06. The van der Waals surface area contributed by atoms with Crippen molar-refractivity contribution < 1.29 is 22.7 Å². The Labute approximate surface area is 175 Å². The van der Waals surface area contributed by atoms with Gasteiger partial charge in [-0.2, -0.15) is 8.78 Å². The molecule has 8 heteroatoms. The molecule has 0 atom stereocenters. The van der Waals surface area contributed by atoms with Crippen LogP contribution in [0.4, 0.5) is 18.9 Å². The fourth-order valence-electron chi connectivity index (χ4n) is 3.43. The van der Waals surface area contributed by atoms with Crippen molar-refractivity contribution in [3.05, 3.63) is 89.2 Å². The Balaban J connectivity index is 1.64. The van der Waals surface area contributed by atoms with Gasteiger partial charge in [0.05, 0.1) is 12.2 Å². The zero-order chi connectivity index (χ0) is 22.1. The zero-order valence-electron chi connectivity index (χ0n) is 16.0. The Morgan fingerprint density at radius 2 is 1.68 bits per heavy atom. The first-order chi connectivity index (χ1) is 14.8. The average Bonchev–Trinajstić information content (AvgIpc) is 3.10. The van der Waals surface area contributed by atoms with Crippen LogP contribution < -0.4 is 4.90 Å². The average molecular weight is 423 g/mol. The summed E-state index contributed by atoms with van der Waals surface area (Å²) in [4.78, 5) is 14.7. The lowest BCUT2D eigenvalue weighted by molar-refractivity contribution is 0.0996. The molecule has 0 spiro atoms. The maximum Gasteiger partial charge on any atom is 0.312 e. The van der Waals surface area contributed by atoms with E-state index in [1.54, 1.807) is 35.2 Å². The molecule has 4 rings (SSSR count). The standard InChI is InChI=1S/C23H16F3N3O2/c24-16-9-7-13(8-10-16)17-3-1-2-4-19(17)29-12-15-6-5-14(11-18(15)23(29)30)21(27)31-22(28)20(25)26/h1-11,20,27-28H,12H2. The van der Waals surface area contributed by atoms with Gasteiger partial charge in [0.2, 0.25) is 5.90 Å². The predicted molar refractivity (Wildman–Crippen MR) is 110 cm³/mol. The predicted octanol–water partition coefficient (Wildman–Crippen LogP) is 5.24. The molecule has 2 N–H and O–H groups in total. The largest absolute Gasteiger partial charge is 0.419 e. The van der Waals surface area contributed by atoms with Gasteiger partial charge in [0.25, 0.3) is 11.8 Å². The number of nitrogens with one attached hydrogen (secondary N) is 2. The SMILES string of the molecule is N=C(OC(=N)C(F)F)c1ccc2c(c1)C(=O)N(c1ccccc1-c1ccc(F)cc1)C2. The highest BCUT2D eigenvalue weighted by atomic mass is 19.3. The summed E-state index contributed by atoms with van der Waals surface area (Å²) in [5, 5.41) is 14.9. The summed E-state index contributed by atoms with van der Waals surface area (Å²) in [5.41, 5.74) is 3.30. The molecule has 0 fully saturated rings. The highest BCUT2D eigenvalue weighted by Crippen LogP contribution is 2.36. The number of hydrogen-bond donors (Lipinski definition) is 2. The monoisotopic (exact) mass is 423 g/mol. The first-order valence-corrected chi connectivity index (χ1v) is 9.28. The molecule has 31 heavy (non-hydrogen) atoms. The van der Waals surface area contributed by atoms with E-state index in [-0.39, 0.29) is 23.8 Å². The van der Waals surface area contributed by atoms with Crippen molar-refractivity contribution in [1.29, 1.82) is 10.8 Å². The molecule has 1 amide bonds. The van der Waals surface area contributed by atoms with Crippen LogP contribution in [0.15, 0.2) is 66.7 Å². The number of alkyl halides is 2. The minimum absolute atomic E-state index is 0.117. The summed E-state index contributed by atoms with van der Waals surface area (Å²) < 4.78 is 42.9. The van der Waals surface area contributed by atoms with Crippen molar-refractivity contribution >= 4 is 23.4 Å². The molecule has 0 unspecified atom stereocenters. The molecule has 1 aliphatic heterocycles. The molecular weight excluding hydrogens is 407 g/mol. The van der Waals surface area contributed by atoms with Gasteiger partial charge in [-0.1, -0.05) is 36.4 Å². The summed E-state index contributed by atoms with van der Waals surface area (Å²) in [5.74, 6) is -2.64. The number of carbonyl (C=O) groups excluding carboxylic acids is 1. The van der Waals surface area contributed by atoms with Crippen molar-refractivity contribution in [3.8, 4) is 11.1 Å². The van der Waals surface area contributed by atoms with E-state index < -0.39 is 18.2 Å². The highest BCUT2D eigenvalue weighted by molar-refractivity contribution is 6.13. The number of nitrogens with zero attached hydrogens (tertiary/aromatic N) is 1. The highest BCUT2D eigenvalue weighted by Gasteiger charge is 2.31. The summed E-state index contributed by atoms with van der Waals surface area (Å²) in [6.07, 6.45) is -3.13. The number of amides is 1. The number of fused-ring (bicyclic) bond motifs is 1. The van der Waals surface area contributed by atoms with E-state index in [4.69, 9.17) is 10.8 Å². The fraction of sp³-hybridized carbons (Fsp3) is 0.0870. The molecule has 1 heterocycles. The number of rotatable bonds is 4. The lowest BCUT2D eigenvalue weighted by Crippen LogP contribution is -2.23. The van der Waals surface area contributed by atoms with Crippen molar-refractivity contribution in [2.45, 2.75) is 13.0 Å². The molecular formula is C23H16F3N3O2. The second-order valence-corrected chi connectivity index (χ2v) is 6.88. The Kier molecular flexibility index (Phi) is 5.29. The smallest absolute Gasteiger partial charge is 0.312 e. The van der Waals surface area contributed by atoms with Gasteiger partial charge in [0, 0.05) is 16.7 Å². The van der Waals surface area contributed by atoms with Crippen LogP contribution in [0.3, 0.4) is 0 Å². The Bertz CT molecular complexity index is 1190. The maximum atomic E-state index is 13.3. The van der Waals surface area contributed by atoms with Crippen LogP contribution in [-0.4, -0.2) is 24.1 Å². The van der Waals surface area contributed by atoms with Gasteiger partial charge in [-0.05, 0) is 41.5 Å². The van der Waals surface area contributed by atoms with Crippen molar-refractivity contribution in [2.24, 2.45) is 0 Å². The Morgan fingerprint density at radius 1 is 0.968 bits per heavy atom. The number of para-hydroxylation sites is 1. The van der Waals surface area contributed by atoms with Crippen molar-refractivity contribution in [2.75, 3.05) is 4.90 Å². The molecule has 156 valence electrons. The molecule has 3 aromatic carbocycles. The van der Waals surface area contributed by atoms with E-state index in [9.17, 15) is 18.0 Å². The number of carbonyl (C=O) groups is 1. The van der Waals surface area contributed by atoms with Crippen LogP contribution in [0.2, 0.25) is 0 Å². The molecule has 0 bridgehead atoms. The van der Waals surface area contributed by atoms with E-state index in [0.717, 1.165) is 11.1 Å². The van der Waals surface area contributed by atoms with Crippen molar-refractivity contribution in [1.82, 2.24) is 0 Å². The molecule has 0 aliphatic carbocycles. The molecule has 1 aliphatic rings. The van der Waals surface area contributed by atoms with Crippen molar-refractivity contribution in [3.63, 3.8) is 0 Å². The van der Waals surface area contributed by atoms with Gasteiger partial charge < -0.3 is 9.64 Å². The van der Waals surface area contributed by atoms with Gasteiger partial charge in [-0.15, -0.1) is 0 Å². The van der Waals surface area contributed by atoms with Gasteiger partial charge in [0.1, 0.15) is 5.82 Å². The quantitative estimate of drug-likeness (QED) is 0.445. The second-order valence-electron chi connectivity index (χ2n) is 6.88. The van der Waals surface area contributed by atoms with Crippen LogP contribution >= 0.6 is 0 Å². The number of ether oxygens (including phenoxy) is 1. The Hall–Kier alpha value is -3.94. The lowest BCUT2D eigenvalue weighted by Gasteiger charge is -2.20. The van der Waals surface area contributed by atoms with Crippen LogP contribution in [-0.2, 0) is 11.3 Å². The minimum Gasteiger partial charge on any atom is -0.419 e. The summed E-state index contributed by atoms with van der Waals surface area (Å²) in [6, 6.07) is 17.7. The molecule has 0 radical (unpaired) electrons. The molecule has 5 nitrogen and oxygen atoms in total. The number of benzene rings is 3. The topological polar surface area (TPSA) is 77.2 Å². The summed E-state index contributed by atoms with van der Waals surface area (Å²) in [7, 11) is 0. The van der Waals surface area contributed by atoms with Gasteiger partial charge in [-0.3, -0.25) is 15.6 Å². The lowest BCUT2D eigenvalue weighted by atomic mass is 10.0. The van der Waals surface area contributed by atoms with Crippen LogP contribution in [0.25, 0.3) is 11.1 Å². The maximum absolute atomic E-state index is 13.3.